The summed E-state index contributed by atoms with van der Waals surface area (Å²) in [6, 6.07) is 9.67. The Morgan fingerprint density at radius 1 is 1.38 bits per heavy atom. The Balaban J connectivity index is 1.63. The number of aliphatic hydroxyl groups is 1. The zero-order valence-corrected chi connectivity index (χ0v) is 14.4. The molecule has 1 aromatic rings. The van der Waals surface area contributed by atoms with Crippen LogP contribution in [0.2, 0.25) is 0 Å². The van der Waals surface area contributed by atoms with E-state index in [1.165, 1.54) is 0 Å². The molecule has 3 atom stereocenters. The number of rotatable bonds is 4. The van der Waals surface area contributed by atoms with Crippen molar-refractivity contribution in [2.75, 3.05) is 26.8 Å². The van der Waals surface area contributed by atoms with Crippen LogP contribution in [-0.2, 0) is 4.74 Å². The summed E-state index contributed by atoms with van der Waals surface area (Å²) in [4.78, 5) is 14.6. The minimum absolute atomic E-state index is 0.0615. The number of amides is 2. The van der Waals surface area contributed by atoms with Crippen LogP contribution in [0.1, 0.15) is 43.7 Å². The minimum Gasteiger partial charge on any atom is -0.389 e. The van der Waals surface area contributed by atoms with Gasteiger partial charge in [0.05, 0.1) is 18.2 Å². The molecule has 1 aliphatic carbocycles. The third-order valence-electron chi connectivity index (χ3n) is 5.55. The van der Waals surface area contributed by atoms with Gasteiger partial charge >= 0.3 is 6.03 Å². The topological polar surface area (TPSA) is 61.8 Å². The maximum atomic E-state index is 12.7. The van der Waals surface area contributed by atoms with Crippen molar-refractivity contribution in [1.82, 2.24) is 10.2 Å². The fourth-order valence-corrected chi connectivity index (χ4v) is 4.07. The maximum Gasteiger partial charge on any atom is 0.317 e. The first kappa shape index (κ1) is 17.2. The zero-order chi connectivity index (χ0) is 17.0. The minimum atomic E-state index is -0.555. The van der Waals surface area contributed by atoms with Crippen molar-refractivity contribution >= 4 is 6.03 Å². The molecule has 24 heavy (non-hydrogen) atoms. The van der Waals surface area contributed by atoms with Crippen LogP contribution in [0.3, 0.4) is 0 Å². The van der Waals surface area contributed by atoms with Crippen LogP contribution in [0.4, 0.5) is 4.79 Å². The Hall–Kier alpha value is -1.59. The quantitative estimate of drug-likeness (QED) is 0.891. The standard InChI is InChI=1S/C19H28N2O3/c1-24-14-17(15-7-3-2-4-8-15)20-18(22)21-12-11-19(23)10-6-5-9-16(19)13-21/h2-4,7-8,16-17,23H,5-6,9-14H2,1H3,(H,20,22). The lowest BCUT2D eigenvalue weighted by Gasteiger charge is -2.47. The van der Waals surface area contributed by atoms with E-state index in [0.29, 0.717) is 26.1 Å². The molecule has 5 heteroatoms. The number of likely N-dealkylation sites (tertiary alicyclic amines) is 1. The van der Waals surface area contributed by atoms with Crippen molar-refractivity contribution < 1.29 is 14.6 Å². The monoisotopic (exact) mass is 332 g/mol. The van der Waals surface area contributed by atoms with Crippen LogP contribution in [0, 0.1) is 5.92 Å². The smallest absolute Gasteiger partial charge is 0.317 e. The van der Waals surface area contributed by atoms with Gasteiger partial charge in [0, 0.05) is 26.1 Å². The van der Waals surface area contributed by atoms with Crippen LogP contribution in [0.25, 0.3) is 0 Å². The van der Waals surface area contributed by atoms with Gasteiger partial charge in [0.15, 0.2) is 0 Å². The maximum absolute atomic E-state index is 12.7. The number of carbonyl (C=O) groups excluding carboxylic acids is 1. The summed E-state index contributed by atoms with van der Waals surface area (Å²) < 4.78 is 5.28. The number of urea groups is 1. The molecule has 132 valence electrons. The first-order chi connectivity index (χ1) is 11.6. The summed E-state index contributed by atoms with van der Waals surface area (Å²) in [6.45, 7) is 1.71. The van der Waals surface area contributed by atoms with E-state index in [1.54, 1.807) is 7.11 Å². The van der Waals surface area contributed by atoms with Crippen molar-refractivity contribution in [2.45, 2.75) is 43.7 Å². The Morgan fingerprint density at radius 2 is 2.17 bits per heavy atom. The van der Waals surface area contributed by atoms with Crippen molar-refractivity contribution in [3.8, 4) is 0 Å². The van der Waals surface area contributed by atoms with E-state index in [2.05, 4.69) is 5.32 Å². The molecular weight excluding hydrogens is 304 g/mol. The molecule has 0 spiro atoms. The van der Waals surface area contributed by atoms with E-state index in [-0.39, 0.29) is 18.0 Å². The number of fused-ring (bicyclic) bond motifs is 1. The van der Waals surface area contributed by atoms with Crippen LogP contribution in [0.5, 0.6) is 0 Å². The average molecular weight is 332 g/mol. The van der Waals surface area contributed by atoms with Gasteiger partial charge < -0.3 is 20.1 Å². The fourth-order valence-electron chi connectivity index (χ4n) is 4.07. The van der Waals surface area contributed by atoms with Gasteiger partial charge in [-0.2, -0.15) is 0 Å². The van der Waals surface area contributed by atoms with Gasteiger partial charge in [-0.05, 0) is 24.8 Å². The lowest BCUT2D eigenvalue weighted by Crippen LogP contribution is -2.56. The number of methoxy groups -OCH3 is 1. The fraction of sp³-hybridized carbons (Fsp3) is 0.632. The number of hydrogen-bond acceptors (Lipinski definition) is 3. The molecule has 3 rings (SSSR count). The molecule has 3 unspecified atom stereocenters. The van der Waals surface area contributed by atoms with Gasteiger partial charge in [0.2, 0.25) is 0 Å². The highest BCUT2D eigenvalue weighted by molar-refractivity contribution is 5.75. The van der Waals surface area contributed by atoms with E-state index in [1.807, 2.05) is 35.2 Å². The van der Waals surface area contributed by atoms with Gasteiger partial charge in [-0.25, -0.2) is 4.79 Å². The molecule has 1 aliphatic heterocycles. The van der Waals surface area contributed by atoms with Crippen molar-refractivity contribution in [3.05, 3.63) is 35.9 Å². The normalized spacial score (nSPS) is 28.1. The molecule has 5 nitrogen and oxygen atoms in total. The van der Waals surface area contributed by atoms with E-state index in [9.17, 15) is 9.90 Å². The highest BCUT2D eigenvalue weighted by atomic mass is 16.5. The van der Waals surface area contributed by atoms with E-state index >= 15 is 0 Å². The van der Waals surface area contributed by atoms with E-state index < -0.39 is 5.60 Å². The third-order valence-corrected chi connectivity index (χ3v) is 5.55. The van der Waals surface area contributed by atoms with E-state index in [0.717, 1.165) is 31.2 Å². The van der Waals surface area contributed by atoms with Gasteiger partial charge in [-0.3, -0.25) is 0 Å². The van der Waals surface area contributed by atoms with Crippen LogP contribution in [-0.4, -0.2) is 48.4 Å². The largest absolute Gasteiger partial charge is 0.389 e. The summed E-state index contributed by atoms with van der Waals surface area (Å²) >= 11 is 0. The molecule has 2 aliphatic rings. The number of piperidine rings is 1. The lowest BCUT2D eigenvalue weighted by molar-refractivity contribution is -0.0872. The van der Waals surface area contributed by atoms with Crippen molar-refractivity contribution in [1.29, 1.82) is 0 Å². The van der Waals surface area contributed by atoms with Crippen molar-refractivity contribution in [2.24, 2.45) is 5.92 Å². The molecule has 1 saturated heterocycles. The van der Waals surface area contributed by atoms with Gasteiger partial charge in [-0.1, -0.05) is 43.2 Å². The van der Waals surface area contributed by atoms with Crippen molar-refractivity contribution in [3.63, 3.8) is 0 Å². The number of carbonyl (C=O) groups is 1. The Labute approximate surface area is 144 Å². The Morgan fingerprint density at radius 3 is 2.92 bits per heavy atom. The zero-order valence-electron chi connectivity index (χ0n) is 14.4. The number of ether oxygens (including phenoxy) is 1. The number of nitrogens with zero attached hydrogens (tertiary/aromatic N) is 1. The predicted molar refractivity (Wildman–Crippen MR) is 92.7 cm³/mol. The van der Waals surface area contributed by atoms with Crippen LogP contribution < -0.4 is 5.32 Å². The third kappa shape index (κ3) is 3.73. The van der Waals surface area contributed by atoms with Crippen LogP contribution in [0.15, 0.2) is 30.3 Å². The second-order valence-corrected chi connectivity index (χ2v) is 7.11. The Bertz CT molecular complexity index is 551. The lowest BCUT2D eigenvalue weighted by atomic mass is 9.71. The number of hydrogen-bond donors (Lipinski definition) is 2. The number of benzene rings is 1. The van der Waals surface area contributed by atoms with Crippen LogP contribution >= 0.6 is 0 Å². The number of nitrogens with one attached hydrogen (secondary N) is 1. The SMILES string of the molecule is COCC(NC(=O)N1CCC2(O)CCCCC2C1)c1ccccc1. The van der Waals surface area contributed by atoms with Gasteiger partial charge in [0.1, 0.15) is 0 Å². The van der Waals surface area contributed by atoms with E-state index in [4.69, 9.17) is 4.74 Å². The first-order valence-electron chi connectivity index (χ1n) is 8.94. The second-order valence-electron chi connectivity index (χ2n) is 7.11. The second kappa shape index (κ2) is 7.53. The molecule has 2 N–H and O–H groups in total. The average Bonchev–Trinajstić information content (AvgIpc) is 2.61. The molecule has 2 fully saturated rings. The summed E-state index contributed by atoms with van der Waals surface area (Å²) in [5.41, 5.74) is 0.485. The molecule has 0 radical (unpaired) electrons. The van der Waals surface area contributed by atoms with Gasteiger partial charge in [-0.15, -0.1) is 0 Å². The summed E-state index contributed by atoms with van der Waals surface area (Å²) in [6.07, 6.45) is 4.83. The molecule has 1 saturated carbocycles. The molecule has 0 aromatic heterocycles. The summed E-state index contributed by atoms with van der Waals surface area (Å²) in [5.74, 6) is 0.211. The highest BCUT2D eigenvalue weighted by Gasteiger charge is 2.43. The summed E-state index contributed by atoms with van der Waals surface area (Å²) in [5, 5.41) is 13.8. The molecule has 1 aromatic carbocycles. The predicted octanol–water partition coefficient (Wildman–Crippen LogP) is 2.71. The molecule has 1 heterocycles. The first-order valence-corrected chi connectivity index (χ1v) is 8.94. The summed E-state index contributed by atoms with van der Waals surface area (Å²) in [7, 11) is 1.64. The molecular formula is C19H28N2O3. The Kier molecular flexibility index (Phi) is 5.41. The molecule has 2 amide bonds. The molecule has 0 bridgehead atoms. The van der Waals surface area contributed by atoms with Gasteiger partial charge in [0.25, 0.3) is 0 Å². The highest BCUT2D eigenvalue weighted by Crippen LogP contribution is 2.39.